The van der Waals surface area contributed by atoms with Gasteiger partial charge in [0.25, 0.3) is 5.91 Å². The molecule has 0 spiro atoms. The number of hydrogen-bond donors (Lipinski definition) is 1. The van der Waals surface area contributed by atoms with Gasteiger partial charge < -0.3 is 5.32 Å². The van der Waals surface area contributed by atoms with E-state index in [0.29, 0.717) is 17.8 Å². The zero-order chi connectivity index (χ0) is 18.1. The molecule has 1 amide bonds. The van der Waals surface area contributed by atoms with Crippen LogP contribution in [0.15, 0.2) is 54.2 Å². The molecular weight excluding hydrogens is 344 g/mol. The quantitative estimate of drug-likeness (QED) is 0.597. The van der Waals surface area contributed by atoms with Crippen LogP contribution >= 0.6 is 11.3 Å². The molecule has 0 unspecified atom stereocenters. The summed E-state index contributed by atoms with van der Waals surface area (Å²) >= 11 is 1.62. The molecule has 6 heteroatoms. The number of nitrogens with one attached hydrogen (secondary N) is 1. The third kappa shape index (κ3) is 2.99. The Balaban J connectivity index is 1.68. The van der Waals surface area contributed by atoms with E-state index in [0.717, 1.165) is 16.1 Å². The fraction of sp³-hybridized carbons (Fsp3) is 0.150. The van der Waals surface area contributed by atoms with Crippen LogP contribution in [0.3, 0.4) is 0 Å². The largest absolute Gasteiger partial charge is 0.347 e. The van der Waals surface area contributed by atoms with E-state index >= 15 is 0 Å². The zero-order valence-electron chi connectivity index (χ0n) is 14.6. The number of carbonyl (C=O) groups is 1. The van der Waals surface area contributed by atoms with E-state index in [1.807, 2.05) is 23.6 Å². The van der Waals surface area contributed by atoms with Crippen molar-refractivity contribution in [2.75, 3.05) is 0 Å². The summed E-state index contributed by atoms with van der Waals surface area (Å²) in [5.41, 5.74) is 5.46. The van der Waals surface area contributed by atoms with E-state index < -0.39 is 0 Å². The van der Waals surface area contributed by atoms with Crippen molar-refractivity contribution in [1.82, 2.24) is 19.9 Å². The van der Waals surface area contributed by atoms with E-state index in [-0.39, 0.29) is 5.91 Å². The Morgan fingerprint density at radius 1 is 1.19 bits per heavy atom. The van der Waals surface area contributed by atoms with Crippen LogP contribution in [0.2, 0.25) is 0 Å². The Kier molecular flexibility index (Phi) is 4.26. The first kappa shape index (κ1) is 16.5. The number of thiophene rings is 1. The predicted octanol–water partition coefficient (Wildman–Crippen LogP) is 4.00. The monoisotopic (exact) mass is 362 g/mol. The molecule has 4 rings (SSSR count). The van der Waals surface area contributed by atoms with Crippen LogP contribution in [0.5, 0.6) is 0 Å². The molecule has 5 nitrogen and oxygen atoms in total. The second-order valence-electron chi connectivity index (χ2n) is 6.18. The number of carbonyl (C=O) groups excluding carboxylic acids is 1. The first-order valence-electron chi connectivity index (χ1n) is 8.34. The number of hydrogen-bond acceptors (Lipinski definition) is 4. The maximum atomic E-state index is 12.6. The molecule has 3 heterocycles. The first-order chi connectivity index (χ1) is 12.6. The number of rotatable bonds is 4. The third-order valence-electron chi connectivity index (χ3n) is 4.45. The summed E-state index contributed by atoms with van der Waals surface area (Å²) in [5, 5.41) is 9.34. The van der Waals surface area contributed by atoms with Crippen molar-refractivity contribution in [2.24, 2.45) is 0 Å². The molecule has 1 aromatic carbocycles. The van der Waals surface area contributed by atoms with Crippen LogP contribution in [0, 0.1) is 13.8 Å². The summed E-state index contributed by atoms with van der Waals surface area (Å²) in [5.74, 6) is -0.168. The van der Waals surface area contributed by atoms with Crippen LogP contribution in [-0.2, 0) is 6.54 Å². The number of benzene rings is 1. The average Bonchev–Trinajstić information content (AvgIpc) is 3.31. The van der Waals surface area contributed by atoms with Crippen LogP contribution < -0.4 is 5.32 Å². The van der Waals surface area contributed by atoms with Gasteiger partial charge in [-0.3, -0.25) is 4.79 Å². The number of fused-ring (bicyclic) bond motifs is 1. The topological polar surface area (TPSA) is 59.3 Å². The van der Waals surface area contributed by atoms with Gasteiger partial charge in [-0.05, 0) is 48.6 Å². The molecule has 130 valence electrons. The minimum absolute atomic E-state index is 0.168. The minimum atomic E-state index is -0.168. The fourth-order valence-corrected chi connectivity index (χ4v) is 3.49. The van der Waals surface area contributed by atoms with Crippen molar-refractivity contribution in [3.63, 3.8) is 0 Å². The third-order valence-corrected chi connectivity index (χ3v) is 5.33. The molecule has 0 aliphatic rings. The van der Waals surface area contributed by atoms with Crippen molar-refractivity contribution in [1.29, 1.82) is 0 Å². The first-order valence-corrected chi connectivity index (χ1v) is 9.22. The van der Waals surface area contributed by atoms with Crippen molar-refractivity contribution < 1.29 is 4.79 Å². The molecule has 1 N–H and O–H groups in total. The van der Waals surface area contributed by atoms with Gasteiger partial charge in [0.15, 0.2) is 5.65 Å². The lowest BCUT2D eigenvalue weighted by Crippen LogP contribution is -2.22. The molecule has 0 fully saturated rings. The summed E-state index contributed by atoms with van der Waals surface area (Å²) in [6.45, 7) is 4.68. The second-order valence-corrected chi connectivity index (χ2v) is 7.22. The van der Waals surface area contributed by atoms with Gasteiger partial charge in [0.2, 0.25) is 0 Å². The van der Waals surface area contributed by atoms with Gasteiger partial charge in [0.1, 0.15) is 5.56 Å². The number of aryl methyl sites for hydroxylation is 2. The van der Waals surface area contributed by atoms with Gasteiger partial charge >= 0.3 is 0 Å². The summed E-state index contributed by atoms with van der Waals surface area (Å²) < 4.78 is 1.73. The average molecular weight is 362 g/mol. The van der Waals surface area contributed by atoms with Crippen LogP contribution in [0.1, 0.15) is 26.4 Å². The van der Waals surface area contributed by atoms with Crippen LogP contribution in [-0.4, -0.2) is 20.5 Å². The molecule has 0 atom stereocenters. The summed E-state index contributed by atoms with van der Waals surface area (Å²) in [7, 11) is 0. The van der Waals surface area contributed by atoms with Gasteiger partial charge in [-0.15, -0.1) is 11.3 Å². The van der Waals surface area contributed by atoms with E-state index in [4.69, 9.17) is 0 Å². The highest BCUT2D eigenvalue weighted by Crippen LogP contribution is 2.23. The SMILES string of the molecule is Cc1ccc(-c2ccnc3c(C(=O)NCc4cccs4)cnn23)cc1C. The molecule has 4 aromatic rings. The molecule has 0 saturated heterocycles. The highest BCUT2D eigenvalue weighted by molar-refractivity contribution is 7.09. The smallest absolute Gasteiger partial charge is 0.257 e. The maximum Gasteiger partial charge on any atom is 0.257 e. The predicted molar refractivity (Wildman–Crippen MR) is 103 cm³/mol. The van der Waals surface area contributed by atoms with Crippen molar-refractivity contribution in [2.45, 2.75) is 20.4 Å². The summed E-state index contributed by atoms with van der Waals surface area (Å²) in [4.78, 5) is 18.0. The maximum absolute atomic E-state index is 12.6. The summed E-state index contributed by atoms with van der Waals surface area (Å²) in [6.07, 6.45) is 3.30. The summed E-state index contributed by atoms with van der Waals surface area (Å²) in [6, 6.07) is 12.2. The minimum Gasteiger partial charge on any atom is -0.347 e. The molecule has 0 saturated carbocycles. The molecule has 0 aliphatic carbocycles. The Morgan fingerprint density at radius 3 is 2.85 bits per heavy atom. The highest BCUT2D eigenvalue weighted by atomic mass is 32.1. The molecular formula is C20H18N4OS. The lowest BCUT2D eigenvalue weighted by Gasteiger charge is -2.08. The number of aromatic nitrogens is 3. The van der Waals surface area contributed by atoms with Gasteiger partial charge in [-0.2, -0.15) is 5.10 Å². The van der Waals surface area contributed by atoms with Gasteiger partial charge in [0, 0.05) is 16.6 Å². The second kappa shape index (κ2) is 6.72. The van der Waals surface area contributed by atoms with Crippen molar-refractivity contribution >= 4 is 22.9 Å². The molecule has 0 radical (unpaired) electrons. The Morgan fingerprint density at radius 2 is 2.08 bits per heavy atom. The van der Waals surface area contributed by atoms with E-state index in [1.165, 1.54) is 11.1 Å². The molecule has 26 heavy (non-hydrogen) atoms. The lowest BCUT2D eigenvalue weighted by molar-refractivity contribution is 0.0952. The molecule has 3 aromatic heterocycles. The van der Waals surface area contributed by atoms with Crippen LogP contribution in [0.25, 0.3) is 16.9 Å². The van der Waals surface area contributed by atoms with E-state index in [1.54, 1.807) is 28.2 Å². The Bertz CT molecular complexity index is 1080. The van der Waals surface area contributed by atoms with Gasteiger partial charge in [-0.1, -0.05) is 18.2 Å². The van der Waals surface area contributed by atoms with Crippen LogP contribution in [0.4, 0.5) is 0 Å². The fourth-order valence-electron chi connectivity index (χ4n) is 2.85. The molecule has 0 bridgehead atoms. The zero-order valence-corrected chi connectivity index (χ0v) is 15.4. The Labute approximate surface area is 155 Å². The number of amides is 1. The van der Waals surface area contributed by atoms with Gasteiger partial charge in [0.05, 0.1) is 18.4 Å². The van der Waals surface area contributed by atoms with E-state index in [2.05, 4.69) is 47.4 Å². The standard InChI is InChI=1S/C20H18N4OS/c1-13-5-6-15(10-14(13)2)18-7-8-21-19-17(12-23-24(18)19)20(25)22-11-16-4-3-9-26-16/h3-10,12H,11H2,1-2H3,(H,22,25). The van der Waals surface area contributed by atoms with Crippen molar-refractivity contribution in [3.05, 3.63) is 75.7 Å². The molecule has 0 aliphatic heterocycles. The lowest BCUT2D eigenvalue weighted by atomic mass is 10.0. The normalized spacial score (nSPS) is 11.0. The van der Waals surface area contributed by atoms with E-state index in [9.17, 15) is 4.79 Å². The van der Waals surface area contributed by atoms with Gasteiger partial charge in [-0.25, -0.2) is 9.50 Å². The Hall–Kier alpha value is -2.99. The van der Waals surface area contributed by atoms with Crippen molar-refractivity contribution in [3.8, 4) is 11.3 Å². The highest BCUT2D eigenvalue weighted by Gasteiger charge is 2.16. The number of nitrogens with zero attached hydrogens (tertiary/aromatic N) is 3.